The second-order valence-corrected chi connectivity index (χ2v) is 8.47. The summed E-state index contributed by atoms with van der Waals surface area (Å²) in [6, 6.07) is 8.91. The molecule has 3 aromatic rings. The third-order valence-corrected chi connectivity index (χ3v) is 6.72. The summed E-state index contributed by atoms with van der Waals surface area (Å²) in [6.45, 7) is 3.21. The molecular formula is C23H21ClFNO4. The highest BCUT2D eigenvalue weighted by molar-refractivity contribution is 6.30. The van der Waals surface area contributed by atoms with Crippen LogP contribution >= 0.6 is 11.6 Å². The summed E-state index contributed by atoms with van der Waals surface area (Å²) in [6.07, 6.45) is 2.32. The molecule has 0 spiro atoms. The van der Waals surface area contributed by atoms with Gasteiger partial charge in [-0.05, 0) is 69.0 Å². The second kappa shape index (κ2) is 7.13. The molecule has 0 radical (unpaired) electrons. The van der Waals surface area contributed by atoms with Crippen molar-refractivity contribution in [2.75, 3.05) is 0 Å². The van der Waals surface area contributed by atoms with Crippen molar-refractivity contribution < 1.29 is 24.2 Å². The average Bonchev–Trinajstić information content (AvgIpc) is 2.96. The van der Waals surface area contributed by atoms with Gasteiger partial charge in [-0.3, -0.25) is 14.2 Å². The minimum atomic E-state index is -1.39. The second-order valence-electron chi connectivity index (χ2n) is 8.04. The van der Waals surface area contributed by atoms with Gasteiger partial charge in [0.2, 0.25) is 0 Å². The van der Waals surface area contributed by atoms with Crippen molar-refractivity contribution in [1.82, 2.24) is 4.57 Å². The number of hydrogen-bond acceptors (Lipinski definition) is 3. The number of rotatable bonds is 4. The Balaban J connectivity index is 2.05. The molecule has 156 valence electrons. The molecule has 1 aromatic heterocycles. The predicted molar refractivity (Wildman–Crippen MR) is 112 cm³/mol. The van der Waals surface area contributed by atoms with Crippen molar-refractivity contribution in [1.29, 1.82) is 0 Å². The van der Waals surface area contributed by atoms with Crippen molar-refractivity contribution in [2.24, 2.45) is 5.92 Å². The van der Waals surface area contributed by atoms with Gasteiger partial charge in [0.25, 0.3) is 5.91 Å². The number of aromatic nitrogens is 1. The summed E-state index contributed by atoms with van der Waals surface area (Å²) < 4.78 is 16.5. The molecule has 30 heavy (non-hydrogen) atoms. The Morgan fingerprint density at radius 1 is 1.17 bits per heavy atom. The van der Waals surface area contributed by atoms with Crippen LogP contribution in [0.15, 0.2) is 36.4 Å². The Morgan fingerprint density at radius 2 is 1.80 bits per heavy atom. The van der Waals surface area contributed by atoms with Crippen LogP contribution in [0.3, 0.4) is 0 Å². The Labute approximate surface area is 177 Å². The molecule has 1 aliphatic rings. The highest BCUT2D eigenvalue weighted by atomic mass is 35.5. The number of carbonyl (C=O) groups is 2. The van der Waals surface area contributed by atoms with Gasteiger partial charge in [0, 0.05) is 27.2 Å². The average molecular weight is 430 g/mol. The van der Waals surface area contributed by atoms with E-state index in [9.17, 15) is 19.8 Å². The lowest BCUT2D eigenvalue weighted by atomic mass is 9.62. The first kappa shape index (κ1) is 20.4. The molecule has 1 fully saturated rings. The lowest BCUT2D eigenvalue weighted by Crippen LogP contribution is -2.44. The number of carboxylic acids is 1. The summed E-state index contributed by atoms with van der Waals surface area (Å²) in [5.41, 5.74) is -0.234. The fourth-order valence-electron chi connectivity index (χ4n) is 4.54. The monoisotopic (exact) mass is 429 g/mol. The summed E-state index contributed by atoms with van der Waals surface area (Å²) in [5, 5.41) is 20.6. The normalized spacial score (nSPS) is 16.3. The maximum absolute atomic E-state index is 15.2. The van der Waals surface area contributed by atoms with Crippen LogP contribution in [0.4, 0.5) is 4.39 Å². The molecule has 0 saturated heterocycles. The number of carboxylic acid groups (broad SMARTS) is 1. The van der Waals surface area contributed by atoms with Crippen molar-refractivity contribution in [2.45, 2.75) is 38.5 Å². The molecule has 7 heteroatoms. The zero-order valence-electron chi connectivity index (χ0n) is 16.6. The molecule has 1 atom stereocenters. The van der Waals surface area contributed by atoms with Crippen molar-refractivity contribution in [3.05, 3.63) is 64.1 Å². The van der Waals surface area contributed by atoms with E-state index in [0.717, 1.165) is 6.42 Å². The fourth-order valence-corrected chi connectivity index (χ4v) is 4.67. The summed E-state index contributed by atoms with van der Waals surface area (Å²) in [4.78, 5) is 25.8. The maximum atomic E-state index is 15.2. The number of halogens is 2. The van der Waals surface area contributed by atoms with Crippen LogP contribution < -0.4 is 0 Å². The number of benzene rings is 2. The molecule has 1 heterocycles. The molecule has 0 aliphatic heterocycles. The molecule has 0 amide bonds. The van der Waals surface area contributed by atoms with Crippen LogP contribution in [-0.4, -0.2) is 26.7 Å². The molecule has 1 saturated carbocycles. The Bertz CT molecular complexity index is 1180. The number of phenolic OH excluding ortho intramolecular Hbond substituents is 1. The number of hydrogen-bond donors (Lipinski definition) is 2. The molecule has 5 nitrogen and oxygen atoms in total. The lowest BCUT2D eigenvalue weighted by molar-refractivity contribution is -0.146. The third kappa shape index (κ3) is 2.82. The molecule has 1 aliphatic carbocycles. The first-order valence-corrected chi connectivity index (χ1v) is 10.1. The Kier molecular flexibility index (Phi) is 4.85. The van der Waals surface area contributed by atoms with Gasteiger partial charge in [-0.2, -0.15) is 0 Å². The number of aliphatic carboxylic acids is 1. The SMILES string of the molecule is Cc1c([C@](C)(C(=O)O)C2CCC2)c2c(F)c(O)ccc2n1C(=O)c1ccc(Cl)cc1. The molecule has 2 N–H and O–H groups in total. The highest BCUT2D eigenvalue weighted by Crippen LogP contribution is 2.49. The van der Waals surface area contributed by atoms with Gasteiger partial charge in [0.1, 0.15) is 0 Å². The molecule has 0 unspecified atom stereocenters. The van der Waals surface area contributed by atoms with Gasteiger partial charge >= 0.3 is 5.97 Å². The molecule has 0 bridgehead atoms. The van der Waals surface area contributed by atoms with E-state index in [1.54, 1.807) is 38.1 Å². The van der Waals surface area contributed by atoms with Gasteiger partial charge < -0.3 is 10.2 Å². The topological polar surface area (TPSA) is 79.5 Å². The molecule has 4 rings (SSSR count). The smallest absolute Gasteiger partial charge is 0.314 e. The zero-order chi connectivity index (χ0) is 21.8. The first-order valence-electron chi connectivity index (χ1n) is 9.74. The van der Waals surface area contributed by atoms with E-state index < -0.39 is 28.9 Å². The van der Waals surface area contributed by atoms with Crippen LogP contribution in [0.5, 0.6) is 5.75 Å². The molecule has 2 aromatic carbocycles. The van der Waals surface area contributed by atoms with E-state index in [1.807, 2.05) is 0 Å². The third-order valence-electron chi connectivity index (χ3n) is 6.47. The van der Waals surface area contributed by atoms with Crippen molar-refractivity contribution in [3.63, 3.8) is 0 Å². The van der Waals surface area contributed by atoms with Gasteiger partial charge in [-0.25, -0.2) is 4.39 Å². The standard InChI is InChI=1S/C23H21ClFNO4/c1-12-19(23(2,22(29)30)14-4-3-5-14)18-16(10-11-17(27)20(18)25)26(12)21(28)13-6-8-15(24)9-7-13/h6-11,14,27H,3-5H2,1-2H3,(H,29,30)/t23-/m1/s1. The number of fused-ring (bicyclic) bond motifs is 1. The number of phenols is 1. The summed E-state index contributed by atoms with van der Waals surface area (Å²) in [5.74, 6) is -3.18. The van der Waals surface area contributed by atoms with Gasteiger partial charge in [-0.1, -0.05) is 18.0 Å². The summed E-state index contributed by atoms with van der Waals surface area (Å²) >= 11 is 5.92. The van der Waals surface area contributed by atoms with E-state index in [-0.39, 0.29) is 22.4 Å². The zero-order valence-corrected chi connectivity index (χ0v) is 17.3. The van der Waals surface area contributed by atoms with Crippen molar-refractivity contribution in [3.8, 4) is 5.75 Å². The van der Waals surface area contributed by atoms with E-state index in [2.05, 4.69) is 0 Å². The van der Waals surface area contributed by atoms with Gasteiger partial charge in [0.15, 0.2) is 11.6 Å². The van der Waals surface area contributed by atoms with Crippen LogP contribution in [0.2, 0.25) is 5.02 Å². The lowest BCUT2D eigenvalue weighted by Gasteiger charge is -2.40. The summed E-state index contributed by atoms with van der Waals surface area (Å²) in [7, 11) is 0. The molecular weight excluding hydrogens is 409 g/mol. The Morgan fingerprint density at radius 3 is 2.33 bits per heavy atom. The fraction of sp³-hybridized carbons (Fsp3) is 0.304. The van der Waals surface area contributed by atoms with Crippen molar-refractivity contribution >= 4 is 34.4 Å². The van der Waals surface area contributed by atoms with Crippen LogP contribution in [-0.2, 0) is 10.2 Å². The Hall–Kier alpha value is -2.86. The number of nitrogens with zero attached hydrogens (tertiary/aromatic N) is 1. The minimum absolute atomic E-state index is 0.0217. The van der Waals surface area contributed by atoms with E-state index in [0.29, 0.717) is 29.1 Å². The largest absolute Gasteiger partial charge is 0.505 e. The van der Waals surface area contributed by atoms with Gasteiger partial charge in [0.05, 0.1) is 10.9 Å². The van der Waals surface area contributed by atoms with E-state index in [4.69, 9.17) is 11.6 Å². The van der Waals surface area contributed by atoms with E-state index in [1.165, 1.54) is 16.7 Å². The van der Waals surface area contributed by atoms with E-state index >= 15 is 4.39 Å². The van der Waals surface area contributed by atoms with Crippen LogP contribution in [0.1, 0.15) is 47.8 Å². The minimum Gasteiger partial charge on any atom is -0.505 e. The highest BCUT2D eigenvalue weighted by Gasteiger charge is 2.49. The predicted octanol–water partition coefficient (Wildman–Crippen LogP) is 5.28. The number of aromatic hydroxyl groups is 1. The quantitative estimate of drug-likeness (QED) is 0.591. The number of carbonyl (C=O) groups excluding carboxylic acids is 1. The first-order chi connectivity index (χ1) is 14.2. The van der Waals surface area contributed by atoms with Crippen LogP contribution in [0, 0.1) is 18.7 Å². The van der Waals surface area contributed by atoms with Gasteiger partial charge in [-0.15, -0.1) is 0 Å². The maximum Gasteiger partial charge on any atom is 0.314 e. The van der Waals surface area contributed by atoms with Crippen LogP contribution in [0.25, 0.3) is 10.9 Å².